The van der Waals surface area contributed by atoms with Crippen LogP contribution in [0.4, 0.5) is 4.79 Å². The van der Waals surface area contributed by atoms with E-state index in [1.165, 1.54) is 0 Å². The normalized spacial score (nSPS) is 29.2. The first kappa shape index (κ1) is 15.6. The third kappa shape index (κ3) is 3.72. The van der Waals surface area contributed by atoms with Gasteiger partial charge in [-0.05, 0) is 38.5 Å². The first-order valence-corrected chi connectivity index (χ1v) is 8.68. The predicted molar refractivity (Wildman–Crippen MR) is 82.5 cm³/mol. The van der Waals surface area contributed by atoms with Crippen LogP contribution < -0.4 is 5.32 Å². The summed E-state index contributed by atoms with van der Waals surface area (Å²) in [6.45, 7) is 3.76. The summed E-state index contributed by atoms with van der Waals surface area (Å²) in [4.78, 5) is 28.2. The van der Waals surface area contributed by atoms with Crippen molar-refractivity contribution < 1.29 is 14.3 Å². The third-order valence-corrected chi connectivity index (χ3v) is 5.00. The highest BCUT2D eigenvalue weighted by atomic mass is 16.5. The molecule has 3 amide bonds. The molecule has 1 N–H and O–H groups in total. The fraction of sp³-hybridized carbons (Fsp3) is 0.875. The Morgan fingerprint density at radius 1 is 1.18 bits per heavy atom. The average molecular weight is 309 g/mol. The second-order valence-corrected chi connectivity index (χ2v) is 6.61. The Kier molecular flexibility index (Phi) is 5.18. The van der Waals surface area contributed by atoms with Gasteiger partial charge in [0, 0.05) is 39.2 Å². The van der Waals surface area contributed by atoms with E-state index in [4.69, 9.17) is 4.74 Å². The fourth-order valence-corrected chi connectivity index (χ4v) is 3.72. The van der Waals surface area contributed by atoms with E-state index in [0.717, 1.165) is 58.2 Å². The topological polar surface area (TPSA) is 61.9 Å². The molecule has 0 radical (unpaired) electrons. The second-order valence-electron chi connectivity index (χ2n) is 6.61. The number of rotatable bonds is 4. The maximum Gasteiger partial charge on any atom is 0.317 e. The van der Waals surface area contributed by atoms with Gasteiger partial charge in [-0.15, -0.1) is 0 Å². The van der Waals surface area contributed by atoms with Gasteiger partial charge in [0.15, 0.2) is 0 Å². The molecule has 0 spiro atoms. The lowest BCUT2D eigenvalue weighted by atomic mass is 10.0. The maximum atomic E-state index is 12.5. The van der Waals surface area contributed by atoms with Gasteiger partial charge in [-0.3, -0.25) is 4.79 Å². The van der Waals surface area contributed by atoms with Gasteiger partial charge in [0.25, 0.3) is 0 Å². The quantitative estimate of drug-likeness (QED) is 0.853. The van der Waals surface area contributed by atoms with Crippen LogP contribution in [0.25, 0.3) is 0 Å². The van der Waals surface area contributed by atoms with E-state index in [9.17, 15) is 9.59 Å². The Bertz CT molecular complexity index is 409. The Balaban J connectivity index is 1.51. The lowest BCUT2D eigenvalue weighted by Gasteiger charge is -2.38. The number of carbonyl (C=O) groups excluding carboxylic acids is 2. The Hall–Kier alpha value is -1.30. The molecule has 124 valence electrons. The van der Waals surface area contributed by atoms with Gasteiger partial charge in [-0.25, -0.2) is 4.79 Å². The first-order chi connectivity index (χ1) is 10.7. The van der Waals surface area contributed by atoms with E-state index in [1.54, 1.807) is 0 Å². The molecule has 3 fully saturated rings. The van der Waals surface area contributed by atoms with Crippen LogP contribution >= 0.6 is 0 Å². The van der Waals surface area contributed by atoms with Gasteiger partial charge in [0.1, 0.15) is 0 Å². The molecule has 2 atom stereocenters. The zero-order chi connectivity index (χ0) is 15.4. The molecule has 0 aliphatic carbocycles. The molecule has 0 aromatic rings. The van der Waals surface area contributed by atoms with Gasteiger partial charge < -0.3 is 19.9 Å². The molecule has 3 heterocycles. The Morgan fingerprint density at radius 2 is 2.09 bits per heavy atom. The fourth-order valence-electron chi connectivity index (χ4n) is 3.72. The zero-order valence-electron chi connectivity index (χ0n) is 13.3. The largest absolute Gasteiger partial charge is 0.376 e. The standard InChI is InChI=1S/C16H27N3O3/c20-15-7-3-8-18(15)12-13-5-1-2-9-19(13)16(21)17-11-14-6-4-10-22-14/h13-14H,1-12H2,(H,17,21). The van der Waals surface area contributed by atoms with E-state index in [1.807, 2.05) is 9.80 Å². The number of piperidine rings is 1. The van der Waals surface area contributed by atoms with Crippen LogP contribution in [0.2, 0.25) is 0 Å². The van der Waals surface area contributed by atoms with Crippen molar-refractivity contribution in [3.05, 3.63) is 0 Å². The molecule has 0 aromatic carbocycles. The van der Waals surface area contributed by atoms with Crippen LogP contribution in [-0.2, 0) is 9.53 Å². The summed E-state index contributed by atoms with van der Waals surface area (Å²) < 4.78 is 5.55. The molecular formula is C16H27N3O3. The number of carbonyl (C=O) groups is 2. The molecule has 6 heteroatoms. The average Bonchev–Trinajstić information content (AvgIpc) is 3.18. The lowest BCUT2D eigenvalue weighted by molar-refractivity contribution is -0.128. The predicted octanol–water partition coefficient (Wildman–Crippen LogP) is 1.35. The van der Waals surface area contributed by atoms with E-state index in [2.05, 4.69) is 5.32 Å². The molecule has 3 rings (SSSR count). The Morgan fingerprint density at radius 3 is 2.82 bits per heavy atom. The van der Waals surface area contributed by atoms with Crippen LogP contribution in [-0.4, -0.2) is 66.7 Å². The summed E-state index contributed by atoms with van der Waals surface area (Å²) in [5.41, 5.74) is 0. The van der Waals surface area contributed by atoms with E-state index in [-0.39, 0.29) is 24.1 Å². The molecule has 0 saturated carbocycles. The molecule has 0 aromatic heterocycles. The van der Waals surface area contributed by atoms with Gasteiger partial charge in [0.05, 0.1) is 12.1 Å². The summed E-state index contributed by atoms with van der Waals surface area (Å²) in [7, 11) is 0. The van der Waals surface area contributed by atoms with Gasteiger partial charge in [0.2, 0.25) is 5.91 Å². The summed E-state index contributed by atoms with van der Waals surface area (Å²) in [6.07, 6.45) is 7.11. The van der Waals surface area contributed by atoms with Gasteiger partial charge in [-0.1, -0.05) is 0 Å². The number of urea groups is 1. The van der Waals surface area contributed by atoms with Crippen LogP contribution in [0.1, 0.15) is 44.9 Å². The van der Waals surface area contributed by atoms with Gasteiger partial charge in [-0.2, -0.15) is 0 Å². The first-order valence-electron chi connectivity index (χ1n) is 8.68. The molecule has 3 aliphatic heterocycles. The molecule has 3 saturated heterocycles. The number of hydrogen-bond donors (Lipinski definition) is 1. The van der Waals surface area contributed by atoms with Crippen LogP contribution in [0.3, 0.4) is 0 Å². The van der Waals surface area contributed by atoms with E-state index < -0.39 is 0 Å². The highest BCUT2D eigenvalue weighted by molar-refractivity contribution is 5.78. The van der Waals surface area contributed by atoms with Crippen molar-refractivity contribution in [2.75, 3.05) is 32.8 Å². The summed E-state index contributed by atoms with van der Waals surface area (Å²) in [6, 6.07) is 0.173. The number of nitrogens with zero attached hydrogens (tertiary/aromatic N) is 2. The SMILES string of the molecule is O=C1CCCN1CC1CCCCN1C(=O)NCC1CCCO1. The second kappa shape index (κ2) is 7.31. The Labute approximate surface area is 132 Å². The number of ether oxygens (including phenoxy) is 1. The minimum atomic E-state index is 0.00634. The van der Waals surface area contributed by atoms with Crippen molar-refractivity contribution in [1.29, 1.82) is 0 Å². The molecular weight excluding hydrogens is 282 g/mol. The van der Waals surface area contributed by atoms with E-state index in [0.29, 0.717) is 19.5 Å². The molecule has 2 unspecified atom stereocenters. The van der Waals surface area contributed by atoms with Crippen molar-refractivity contribution in [1.82, 2.24) is 15.1 Å². The molecule has 22 heavy (non-hydrogen) atoms. The van der Waals surface area contributed by atoms with Crippen molar-refractivity contribution in [3.63, 3.8) is 0 Å². The van der Waals surface area contributed by atoms with Crippen molar-refractivity contribution in [2.45, 2.75) is 57.1 Å². The minimum absolute atomic E-state index is 0.00634. The summed E-state index contributed by atoms with van der Waals surface area (Å²) in [5.74, 6) is 0.241. The van der Waals surface area contributed by atoms with Crippen LogP contribution in [0.15, 0.2) is 0 Å². The zero-order valence-corrected chi connectivity index (χ0v) is 13.3. The minimum Gasteiger partial charge on any atom is -0.376 e. The van der Waals surface area contributed by atoms with Crippen molar-refractivity contribution in [2.24, 2.45) is 0 Å². The van der Waals surface area contributed by atoms with Crippen LogP contribution in [0, 0.1) is 0 Å². The monoisotopic (exact) mass is 309 g/mol. The van der Waals surface area contributed by atoms with Crippen molar-refractivity contribution in [3.8, 4) is 0 Å². The third-order valence-electron chi connectivity index (χ3n) is 5.00. The van der Waals surface area contributed by atoms with Crippen LogP contribution in [0.5, 0.6) is 0 Å². The number of likely N-dealkylation sites (tertiary alicyclic amines) is 2. The number of hydrogen-bond acceptors (Lipinski definition) is 3. The van der Waals surface area contributed by atoms with Crippen molar-refractivity contribution >= 4 is 11.9 Å². The highest BCUT2D eigenvalue weighted by Crippen LogP contribution is 2.21. The molecule has 0 bridgehead atoms. The summed E-state index contributed by atoms with van der Waals surface area (Å²) >= 11 is 0. The maximum absolute atomic E-state index is 12.5. The number of nitrogens with one attached hydrogen (secondary N) is 1. The lowest BCUT2D eigenvalue weighted by Crippen LogP contribution is -2.53. The van der Waals surface area contributed by atoms with E-state index >= 15 is 0 Å². The highest BCUT2D eigenvalue weighted by Gasteiger charge is 2.31. The molecule has 6 nitrogen and oxygen atoms in total. The van der Waals surface area contributed by atoms with Gasteiger partial charge >= 0.3 is 6.03 Å². The number of amides is 3. The molecule has 3 aliphatic rings. The smallest absolute Gasteiger partial charge is 0.317 e. The summed E-state index contributed by atoms with van der Waals surface area (Å²) in [5, 5.41) is 3.02.